The molecule has 20 heavy (non-hydrogen) atoms. The third-order valence-electron chi connectivity index (χ3n) is 3.26. The first-order valence-corrected chi connectivity index (χ1v) is 7.48. The number of ether oxygens (including phenoxy) is 1. The molecule has 0 heterocycles. The lowest BCUT2D eigenvalue weighted by molar-refractivity contribution is 0.406. The summed E-state index contributed by atoms with van der Waals surface area (Å²) in [6.45, 7) is 4.11. The third kappa shape index (κ3) is 3.36. The number of hydrogen-bond donors (Lipinski definition) is 2. The number of aromatic hydroxyl groups is 1. The van der Waals surface area contributed by atoms with Gasteiger partial charge in [-0.25, -0.2) is 0 Å². The number of nitrogens with one attached hydrogen (secondary N) is 1. The van der Waals surface area contributed by atoms with Gasteiger partial charge in [-0.15, -0.1) is 0 Å². The normalized spacial score (nSPS) is 12.0. The molecule has 0 aliphatic heterocycles. The fraction of sp³-hybridized carbons (Fsp3) is 0.250. The van der Waals surface area contributed by atoms with E-state index in [0.717, 1.165) is 11.3 Å². The van der Waals surface area contributed by atoms with Gasteiger partial charge in [0.25, 0.3) is 0 Å². The first-order valence-electron chi connectivity index (χ1n) is 6.41. The van der Waals surface area contributed by atoms with Crippen molar-refractivity contribution in [3.05, 3.63) is 51.1 Å². The number of rotatable bonds is 4. The second-order valence-electron chi connectivity index (χ2n) is 4.75. The third-order valence-corrected chi connectivity index (χ3v) is 4.42. The van der Waals surface area contributed by atoms with E-state index < -0.39 is 0 Å². The molecule has 0 aliphatic carbocycles. The number of benzene rings is 2. The molecule has 0 radical (unpaired) electrons. The summed E-state index contributed by atoms with van der Waals surface area (Å²) < 4.78 is 6.32. The molecule has 0 saturated carbocycles. The molecule has 2 N–H and O–H groups in total. The molecule has 1 unspecified atom stereocenters. The Balaban J connectivity index is 2.19. The zero-order valence-electron chi connectivity index (χ0n) is 11.8. The molecular formula is C16H18INO2. The van der Waals surface area contributed by atoms with E-state index in [9.17, 15) is 5.11 Å². The van der Waals surface area contributed by atoms with Crippen LogP contribution in [0.5, 0.6) is 11.5 Å². The molecule has 0 amide bonds. The Kier molecular flexibility index (Phi) is 4.75. The van der Waals surface area contributed by atoms with Gasteiger partial charge in [-0.3, -0.25) is 0 Å². The zero-order chi connectivity index (χ0) is 14.7. The van der Waals surface area contributed by atoms with Gasteiger partial charge < -0.3 is 15.2 Å². The van der Waals surface area contributed by atoms with Crippen molar-refractivity contribution >= 4 is 28.3 Å². The van der Waals surface area contributed by atoms with E-state index in [-0.39, 0.29) is 11.8 Å². The zero-order valence-corrected chi connectivity index (χ0v) is 13.9. The molecule has 3 nitrogen and oxygen atoms in total. The van der Waals surface area contributed by atoms with Crippen molar-refractivity contribution in [2.24, 2.45) is 0 Å². The number of anilines is 1. The highest BCUT2D eigenvalue weighted by Gasteiger charge is 2.11. The van der Waals surface area contributed by atoms with Crippen molar-refractivity contribution in [2.75, 3.05) is 12.4 Å². The van der Waals surface area contributed by atoms with Crippen molar-refractivity contribution < 1.29 is 9.84 Å². The van der Waals surface area contributed by atoms with Gasteiger partial charge in [0.1, 0.15) is 11.5 Å². The highest BCUT2D eigenvalue weighted by molar-refractivity contribution is 14.1. The molecular weight excluding hydrogens is 365 g/mol. The van der Waals surface area contributed by atoms with Crippen molar-refractivity contribution in [2.45, 2.75) is 19.9 Å². The Morgan fingerprint density at radius 1 is 1.20 bits per heavy atom. The van der Waals surface area contributed by atoms with E-state index in [4.69, 9.17) is 4.74 Å². The summed E-state index contributed by atoms with van der Waals surface area (Å²) in [5.74, 6) is 0.898. The second-order valence-corrected chi connectivity index (χ2v) is 5.92. The number of hydrogen-bond acceptors (Lipinski definition) is 3. The first kappa shape index (κ1) is 15.0. The van der Waals surface area contributed by atoms with Crippen LogP contribution < -0.4 is 10.1 Å². The summed E-state index contributed by atoms with van der Waals surface area (Å²) in [5, 5.41) is 13.4. The van der Waals surface area contributed by atoms with Gasteiger partial charge in [0.2, 0.25) is 0 Å². The van der Waals surface area contributed by atoms with Crippen molar-refractivity contribution in [3.63, 3.8) is 0 Å². The quantitative estimate of drug-likeness (QED) is 0.765. The topological polar surface area (TPSA) is 41.5 Å². The maximum Gasteiger partial charge on any atom is 0.124 e. The van der Waals surface area contributed by atoms with E-state index in [1.165, 1.54) is 9.13 Å². The molecule has 2 aromatic rings. The Hall–Kier alpha value is -1.43. The number of methoxy groups -OCH3 is 1. The van der Waals surface area contributed by atoms with Crippen LogP contribution in [0.4, 0.5) is 5.69 Å². The van der Waals surface area contributed by atoms with Crippen LogP contribution in [-0.2, 0) is 0 Å². The van der Waals surface area contributed by atoms with Gasteiger partial charge in [-0.2, -0.15) is 0 Å². The molecule has 106 valence electrons. The van der Waals surface area contributed by atoms with E-state index in [2.05, 4.69) is 53.0 Å². The van der Waals surface area contributed by atoms with E-state index in [1.54, 1.807) is 13.2 Å². The van der Waals surface area contributed by atoms with Crippen molar-refractivity contribution in [1.82, 2.24) is 0 Å². The van der Waals surface area contributed by atoms with Crippen LogP contribution in [0.3, 0.4) is 0 Å². The fourth-order valence-electron chi connectivity index (χ4n) is 2.03. The summed E-state index contributed by atoms with van der Waals surface area (Å²) in [6, 6.07) is 11.6. The highest BCUT2D eigenvalue weighted by Crippen LogP contribution is 2.30. The van der Waals surface area contributed by atoms with Gasteiger partial charge in [-0.1, -0.05) is 6.07 Å². The molecule has 0 bridgehead atoms. The molecule has 0 aromatic heterocycles. The van der Waals surface area contributed by atoms with E-state index in [0.29, 0.717) is 5.75 Å². The van der Waals surface area contributed by atoms with Crippen LogP contribution >= 0.6 is 22.6 Å². The molecule has 0 saturated heterocycles. The van der Waals surface area contributed by atoms with Crippen LogP contribution in [0.1, 0.15) is 24.1 Å². The average molecular weight is 383 g/mol. The predicted octanol–water partition coefficient (Wildman–Crippen LogP) is 4.49. The Morgan fingerprint density at radius 2 is 1.95 bits per heavy atom. The Bertz CT molecular complexity index is 613. The van der Waals surface area contributed by atoms with Crippen LogP contribution in [0, 0.1) is 10.5 Å². The van der Waals surface area contributed by atoms with Gasteiger partial charge in [0.05, 0.1) is 13.2 Å². The predicted molar refractivity (Wildman–Crippen MR) is 90.6 cm³/mol. The van der Waals surface area contributed by atoms with E-state index >= 15 is 0 Å². The molecule has 2 aromatic carbocycles. The van der Waals surface area contributed by atoms with Crippen LogP contribution in [0.2, 0.25) is 0 Å². The first-order chi connectivity index (χ1) is 9.51. The maximum atomic E-state index is 10.0. The fourth-order valence-corrected chi connectivity index (χ4v) is 2.54. The average Bonchev–Trinajstić information content (AvgIpc) is 2.42. The molecule has 0 spiro atoms. The number of phenolic OH excluding ortho intramolecular Hbond substituents is 1. The Labute approximate surface area is 133 Å². The number of halogens is 1. The lowest BCUT2D eigenvalue weighted by atomic mass is 10.1. The number of aryl methyl sites for hydroxylation is 1. The monoisotopic (exact) mass is 383 g/mol. The van der Waals surface area contributed by atoms with Gasteiger partial charge in [0.15, 0.2) is 0 Å². The summed E-state index contributed by atoms with van der Waals surface area (Å²) in [7, 11) is 1.59. The van der Waals surface area contributed by atoms with E-state index in [1.807, 2.05) is 19.1 Å². The summed E-state index contributed by atoms with van der Waals surface area (Å²) in [6.07, 6.45) is 0. The molecule has 0 fully saturated rings. The molecule has 2 rings (SSSR count). The Morgan fingerprint density at radius 3 is 2.55 bits per heavy atom. The van der Waals surface area contributed by atoms with Crippen LogP contribution in [-0.4, -0.2) is 12.2 Å². The molecule has 4 heteroatoms. The van der Waals surface area contributed by atoms with Gasteiger partial charge in [-0.05, 0) is 66.3 Å². The molecule has 0 aliphatic rings. The summed E-state index contributed by atoms with van der Waals surface area (Å²) in [4.78, 5) is 0. The summed E-state index contributed by atoms with van der Waals surface area (Å²) >= 11 is 2.32. The second kappa shape index (κ2) is 6.35. The molecule has 1 atom stereocenters. The highest BCUT2D eigenvalue weighted by atomic mass is 127. The van der Waals surface area contributed by atoms with Crippen LogP contribution in [0.15, 0.2) is 36.4 Å². The number of phenols is 1. The van der Waals surface area contributed by atoms with Gasteiger partial charge >= 0.3 is 0 Å². The van der Waals surface area contributed by atoms with Gasteiger partial charge in [0, 0.05) is 20.9 Å². The minimum absolute atomic E-state index is 0.0133. The minimum Gasteiger partial charge on any atom is -0.507 e. The van der Waals surface area contributed by atoms with Crippen molar-refractivity contribution in [1.29, 1.82) is 0 Å². The van der Waals surface area contributed by atoms with Crippen molar-refractivity contribution in [3.8, 4) is 11.5 Å². The SMILES string of the molecule is COc1ccc(C(C)Nc2ccc(C)c(I)c2)c(O)c1. The van der Waals surface area contributed by atoms with Crippen LogP contribution in [0.25, 0.3) is 0 Å². The largest absolute Gasteiger partial charge is 0.507 e. The smallest absolute Gasteiger partial charge is 0.124 e. The maximum absolute atomic E-state index is 10.0. The summed E-state index contributed by atoms with van der Waals surface area (Å²) in [5.41, 5.74) is 3.15. The minimum atomic E-state index is 0.0133. The standard InChI is InChI=1S/C16H18INO2/c1-10-4-5-12(8-15(10)17)18-11(2)14-7-6-13(20-3)9-16(14)19/h4-9,11,18-19H,1-3H3. The lowest BCUT2D eigenvalue weighted by Gasteiger charge is -2.18. The lowest BCUT2D eigenvalue weighted by Crippen LogP contribution is -2.07.